The number of aromatic nitrogens is 6. The fraction of sp³-hybridized carbons (Fsp3) is 0.207. The Hall–Kier alpha value is -4.35. The molecule has 7 rings (SSSR count). The number of nitrogens with one attached hydrogen (secondary N) is 2. The van der Waals surface area contributed by atoms with Gasteiger partial charge in [-0.2, -0.15) is 5.10 Å². The molecule has 0 unspecified atom stereocenters. The summed E-state index contributed by atoms with van der Waals surface area (Å²) in [6.45, 7) is 2.12. The summed E-state index contributed by atoms with van der Waals surface area (Å²) < 4.78 is 27.3. The van der Waals surface area contributed by atoms with Gasteiger partial charge in [0, 0.05) is 59.5 Å². The van der Waals surface area contributed by atoms with Crippen molar-refractivity contribution >= 4 is 39.1 Å². The van der Waals surface area contributed by atoms with Gasteiger partial charge in [-0.1, -0.05) is 0 Å². The maximum atomic E-state index is 13.6. The molecule has 0 radical (unpaired) electrons. The fourth-order valence-corrected chi connectivity index (χ4v) is 6.13. The van der Waals surface area contributed by atoms with Gasteiger partial charge in [-0.25, -0.2) is 13.8 Å². The molecule has 7 heterocycles. The van der Waals surface area contributed by atoms with E-state index in [0.29, 0.717) is 34.9 Å². The number of pyridine rings is 3. The quantitative estimate of drug-likeness (QED) is 0.233. The van der Waals surface area contributed by atoms with E-state index in [1.54, 1.807) is 36.6 Å². The summed E-state index contributed by atoms with van der Waals surface area (Å²) in [5.41, 5.74) is 7.09. The zero-order chi connectivity index (χ0) is 27.4. The molecule has 0 bridgehead atoms. The van der Waals surface area contributed by atoms with E-state index in [4.69, 9.17) is 4.98 Å². The number of carbonyl (C=O) groups is 1. The second-order valence-corrected chi connectivity index (χ2v) is 11.2. The Bertz CT molecular complexity index is 1910. The number of aromatic amines is 2. The first kappa shape index (κ1) is 24.7. The van der Waals surface area contributed by atoms with E-state index >= 15 is 0 Å². The highest BCUT2D eigenvalue weighted by molar-refractivity contribution is 7.17. The van der Waals surface area contributed by atoms with Gasteiger partial charge in [-0.15, -0.1) is 11.3 Å². The number of thiophene rings is 1. The fourth-order valence-electron chi connectivity index (χ4n) is 5.21. The van der Waals surface area contributed by atoms with Gasteiger partial charge in [-0.3, -0.25) is 24.8 Å². The largest absolute Gasteiger partial charge is 0.352 e. The van der Waals surface area contributed by atoms with E-state index < -0.39 is 5.92 Å². The Morgan fingerprint density at radius 1 is 1.07 bits per heavy atom. The normalized spacial score (nSPS) is 15.4. The number of carbonyl (C=O) groups excluding carboxylic acids is 1. The highest BCUT2D eigenvalue weighted by atomic mass is 32.1. The van der Waals surface area contributed by atoms with Crippen LogP contribution < -0.4 is 0 Å². The second kappa shape index (κ2) is 9.39. The number of Topliss-reactive ketones (excluding diaryl/α,β-unsaturated/α-hetero) is 1. The molecule has 0 saturated carbocycles. The molecular weight excluding hydrogens is 532 g/mol. The third kappa shape index (κ3) is 4.46. The molecule has 0 spiro atoms. The number of likely N-dealkylation sites (tertiary alicyclic amines) is 1. The third-order valence-electron chi connectivity index (χ3n) is 7.17. The number of halogens is 2. The first-order chi connectivity index (χ1) is 19.3. The lowest BCUT2D eigenvalue weighted by molar-refractivity contribution is 0.0115. The van der Waals surface area contributed by atoms with Crippen molar-refractivity contribution in [2.24, 2.45) is 0 Å². The molecule has 6 aromatic rings. The molecule has 1 aliphatic heterocycles. The van der Waals surface area contributed by atoms with Gasteiger partial charge in [0.2, 0.25) is 0 Å². The maximum Gasteiger partial charge on any atom is 0.261 e. The minimum absolute atomic E-state index is 0.0364. The molecule has 8 nitrogen and oxygen atoms in total. The monoisotopic (exact) mass is 555 g/mol. The molecule has 0 aromatic carbocycles. The number of hydrogen-bond donors (Lipinski definition) is 2. The molecule has 6 aromatic heterocycles. The van der Waals surface area contributed by atoms with Crippen LogP contribution in [0.3, 0.4) is 0 Å². The van der Waals surface area contributed by atoms with E-state index in [9.17, 15) is 13.6 Å². The number of nitrogens with zero attached hydrogens (tertiary/aromatic N) is 5. The lowest BCUT2D eigenvalue weighted by atomic mass is 10.1. The van der Waals surface area contributed by atoms with Gasteiger partial charge in [0.15, 0.2) is 5.78 Å². The van der Waals surface area contributed by atoms with Gasteiger partial charge >= 0.3 is 0 Å². The van der Waals surface area contributed by atoms with Gasteiger partial charge < -0.3 is 4.98 Å². The average molecular weight is 556 g/mol. The minimum atomic E-state index is -2.63. The number of fused-ring (bicyclic) bond motifs is 2. The molecular formula is C29H23F2N7OS. The van der Waals surface area contributed by atoms with Crippen LogP contribution in [0, 0.1) is 0 Å². The predicted octanol–water partition coefficient (Wildman–Crippen LogP) is 6.34. The maximum absolute atomic E-state index is 13.6. The number of H-pyrrole nitrogens is 2. The molecule has 11 heteroatoms. The lowest BCUT2D eigenvalue weighted by Crippen LogP contribution is -2.24. The molecule has 2 N–H and O–H groups in total. The number of alkyl halides is 2. The molecule has 1 saturated heterocycles. The van der Waals surface area contributed by atoms with Crippen LogP contribution in [0.4, 0.5) is 8.78 Å². The van der Waals surface area contributed by atoms with Gasteiger partial charge in [0.05, 0.1) is 40.0 Å². The first-order valence-corrected chi connectivity index (χ1v) is 13.6. The zero-order valence-electron chi connectivity index (χ0n) is 21.4. The van der Waals surface area contributed by atoms with E-state index in [-0.39, 0.29) is 18.7 Å². The summed E-state index contributed by atoms with van der Waals surface area (Å²) >= 11 is 1.44. The molecule has 40 heavy (non-hydrogen) atoms. The Labute approximate surface area is 231 Å². The third-order valence-corrected chi connectivity index (χ3v) is 8.39. The van der Waals surface area contributed by atoms with Crippen molar-refractivity contribution in [3.05, 3.63) is 71.6 Å². The highest BCUT2D eigenvalue weighted by Crippen LogP contribution is 2.36. The van der Waals surface area contributed by atoms with Crippen molar-refractivity contribution in [1.82, 2.24) is 35.0 Å². The molecule has 0 aliphatic carbocycles. The van der Waals surface area contributed by atoms with Gasteiger partial charge in [0.25, 0.3) is 5.92 Å². The topological polar surface area (TPSA) is 103 Å². The van der Waals surface area contributed by atoms with Crippen molar-refractivity contribution in [1.29, 1.82) is 0 Å². The number of hydrogen-bond acceptors (Lipinski definition) is 7. The van der Waals surface area contributed by atoms with E-state index in [0.717, 1.165) is 43.7 Å². The van der Waals surface area contributed by atoms with Crippen LogP contribution in [0.5, 0.6) is 0 Å². The summed E-state index contributed by atoms with van der Waals surface area (Å²) in [6.07, 6.45) is 6.90. The average Bonchev–Trinajstić information content (AvgIpc) is 3.73. The van der Waals surface area contributed by atoms with Gasteiger partial charge in [0.1, 0.15) is 11.2 Å². The molecule has 1 aliphatic rings. The van der Waals surface area contributed by atoms with E-state index in [2.05, 4.69) is 25.1 Å². The van der Waals surface area contributed by atoms with Crippen LogP contribution in [0.15, 0.2) is 61.2 Å². The zero-order valence-corrected chi connectivity index (χ0v) is 22.2. The predicted molar refractivity (Wildman–Crippen MR) is 150 cm³/mol. The molecule has 0 atom stereocenters. The summed E-state index contributed by atoms with van der Waals surface area (Å²) in [5.74, 6) is -2.59. The van der Waals surface area contributed by atoms with Crippen LogP contribution >= 0.6 is 11.3 Å². The van der Waals surface area contributed by atoms with Crippen molar-refractivity contribution in [3.63, 3.8) is 0 Å². The van der Waals surface area contributed by atoms with Crippen LogP contribution in [0.25, 0.3) is 55.0 Å². The lowest BCUT2D eigenvalue weighted by Gasteiger charge is -2.15. The van der Waals surface area contributed by atoms with Crippen molar-refractivity contribution in [3.8, 4) is 33.1 Å². The van der Waals surface area contributed by atoms with Crippen molar-refractivity contribution < 1.29 is 13.6 Å². The Kier molecular flexibility index (Phi) is 5.79. The SMILES string of the molecule is CC(=O)c1ccc(-c2cncc3[nH]c(-c4n[nH]c5ccc(-c6cncc(CN7CCC(F)(F)C7)c6)nc45)cc23)s1. The summed E-state index contributed by atoms with van der Waals surface area (Å²) in [4.78, 5) is 32.3. The van der Waals surface area contributed by atoms with E-state index in [1.165, 1.54) is 11.3 Å². The van der Waals surface area contributed by atoms with Crippen LogP contribution in [0.2, 0.25) is 0 Å². The van der Waals surface area contributed by atoms with Crippen molar-refractivity contribution in [2.75, 3.05) is 13.1 Å². The smallest absolute Gasteiger partial charge is 0.261 e. The standard InChI is InChI=1S/C29H23F2N7OS/c1-16(39)25-4-5-26(40-25)20-12-33-13-24-19(20)9-23(34-24)28-27-22(36-37-28)3-2-21(35-27)18-8-17(10-32-11-18)14-38-7-6-29(30,31)15-38/h2-5,8-13,34H,6-7,14-15H2,1H3,(H,36,37). The summed E-state index contributed by atoms with van der Waals surface area (Å²) in [6, 6.07) is 11.6. The minimum Gasteiger partial charge on any atom is -0.352 e. The van der Waals surface area contributed by atoms with Crippen LogP contribution in [0.1, 0.15) is 28.6 Å². The van der Waals surface area contributed by atoms with Crippen molar-refractivity contribution in [2.45, 2.75) is 25.8 Å². The highest BCUT2D eigenvalue weighted by Gasteiger charge is 2.37. The van der Waals surface area contributed by atoms with Crippen LogP contribution in [-0.2, 0) is 6.54 Å². The second-order valence-electron chi connectivity index (χ2n) is 10.1. The Morgan fingerprint density at radius 3 is 2.75 bits per heavy atom. The summed E-state index contributed by atoms with van der Waals surface area (Å²) in [7, 11) is 0. The molecule has 200 valence electrons. The number of ketones is 1. The van der Waals surface area contributed by atoms with Gasteiger partial charge in [-0.05, 0) is 48.9 Å². The van der Waals surface area contributed by atoms with E-state index in [1.807, 2.05) is 36.4 Å². The first-order valence-electron chi connectivity index (χ1n) is 12.8. The number of rotatable bonds is 6. The molecule has 1 fully saturated rings. The Balaban J connectivity index is 1.24. The molecule has 0 amide bonds. The Morgan fingerprint density at radius 2 is 1.95 bits per heavy atom. The summed E-state index contributed by atoms with van der Waals surface area (Å²) in [5, 5.41) is 8.58. The van der Waals surface area contributed by atoms with Crippen LogP contribution in [-0.4, -0.2) is 59.8 Å².